The van der Waals surface area contributed by atoms with E-state index in [1.807, 2.05) is 36.4 Å². The van der Waals surface area contributed by atoms with Crippen LogP contribution in [0.15, 0.2) is 188 Å². The topological polar surface area (TPSA) is 38.7 Å². The van der Waals surface area contributed by atoms with E-state index >= 15 is 0 Å². The molecule has 3 heteroatoms. The van der Waals surface area contributed by atoms with Crippen molar-refractivity contribution in [1.29, 1.82) is 0 Å². The zero-order valence-corrected chi connectivity index (χ0v) is 27.7. The molecule has 3 nitrogen and oxygen atoms in total. The van der Waals surface area contributed by atoms with E-state index in [1.165, 1.54) is 54.9 Å². The smallest absolute Gasteiger partial charge is 0.164 e. The third-order valence-electron chi connectivity index (χ3n) is 10.4. The monoisotopic (exact) mass is 649 g/mol. The molecule has 0 saturated carbocycles. The van der Waals surface area contributed by atoms with Gasteiger partial charge in [0.2, 0.25) is 0 Å². The second-order valence-electron chi connectivity index (χ2n) is 13.2. The van der Waals surface area contributed by atoms with Gasteiger partial charge >= 0.3 is 0 Å². The van der Waals surface area contributed by atoms with Crippen LogP contribution in [0.4, 0.5) is 0 Å². The minimum absolute atomic E-state index is 0.607. The first-order valence-corrected chi connectivity index (χ1v) is 17.4. The van der Waals surface area contributed by atoms with Gasteiger partial charge in [-0.3, -0.25) is 0 Å². The molecule has 0 bridgehead atoms. The summed E-state index contributed by atoms with van der Waals surface area (Å²) >= 11 is 0. The van der Waals surface area contributed by atoms with Gasteiger partial charge in [0.1, 0.15) is 0 Å². The fourth-order valence-electron chi connectivity index (χ4n) is 8.17. The minimum Gasteiger partial charge on any atom is -0.208 e. The maximum absolute atomic E-state index is 5.14. The van der Waals surface area contributed by atoms with Crippen LogP contribution in [0.25, 0.3) is 66.8 Å². The number of benzene rings is 8. The van der Waals surface area contributed by atoms with Gasteiger partial charge in [-0.15, -0.1) is 0 Å². The molecule has 1 heterocycles. The highest BCUT2D eigenvalue weighted by atomic mass is 15.0. The van der Waals surface area contributed by atoms with Crippen LogP contribution < -0.4 is 0 Å². The molecule has 238 valence electrons. The lowest BCUT2D eigenvalue weighted by atomic mass is 9.66. The summed E-state index contributed by atoms with van der Waals surface area (Å²) < 4.78 is 0. The second kappa shape index (κ2) is 11.7. The van der Waals surface area contributed by atoms with Crippen LogP contribution in [0.1, 0.15) is 22.3 Å². The van der Waals surface area contributed by atoms with E-state index in [1.54, 1.807) is 0 Å². The molecule has 1 aromatic heterocycles. The van der Waals surface area contributed by atoms with E-state index in [2.05, 4.69) is 152 Å². The average molecular weight is 650 g/mol. The van der Waals surface area contributed by atoms with E-state index in [0.29, 0.717) is 17.5 Å². The van der Waals surface area contributed by atoms with Crippen molar-refractivity contribution in [2.45, 2.75) is 5.41 Å². The average Bonchev–Trinajstić information content (AvgIpc) is 3.51. The van der Waals surface area contributed by atoms with Crippen LogP contribution in [0.2, 0.25) is 0 Å². The van der Waals surface area contributed by atoms with Gasteiger partial charge in [0.25, 0.3) is 0 Å². The molecule has 9 aromatic rings. The molecule has 10 rings (SSSR count). The maximum atomic E-state index is 5.14. The summed E-state index contributed by atoms with van der Waals surface area (Å²) in [5.74, 6) is 1.95. The lowest BCUT2D eigenvalue weighted by Gasteiger charge is -2.35. The van der Waals surface area contributed by atoms with Gasteiger partial charge < -0.3 is 0 Å². The molecular weight excluding hydrogens is 619 g/mol. The summed E-state index contributed by atoms with van der Waals surface area (Å²) in [7, 11) is 0. The molecule has 8 aromatic carbocycles. The normalized spacial score (nSPS) is 14.7. The molecule has 0 spiro atoms. The number of rotatable bonds is 5. The molecule has 0 amide bonds. The van der Waals surface area contributed by atoms with Crippen molar-refractivity contribution in [1.82, 2.24) is 15.0 Å². The molecule has 0 N–H and O–H groups in total. The lowest BCUT2D eigenvalue weighted by molar-refractivity contribution is 0.777. The molecule has 51 heavy (non-hydrogen) atoms. The Labute approximate surface area is 296 Å². The minimum atomic E-state index is -0.607. The van der Waals surface area contributed by atoms with Crippen LogP contribution in [0.5, 0.6) is 0 Å². The van der Waals surface area contributed by atoms with E-state index < -0.39 is 5.41 Å². The first-order valence-electron chi connectivity index (χ1n) is 17.4. The molecule has 1 aliphatic rings. The third-order valence-corrected chi connectivity index (χ3v) is 10.4. The lowest BCUT2D eigenvalue weighted by Crippen LogP contribution is -2.29. The van der Waals surface area contributed by atoms with Crippen molar-refractivity contribution in [3.05, 3.63) is 210 Å². The largest absolute Gasteiger partial charge is 0.208 e. The predicted octanol–water partition coefficient (Wildman–Crippen LogP) is 11.5. The van der Waals surface area contributed by atoms with Gasteiger partial charge in [0.05, 0.1) is 5.41 Å². The highest BCUT2D eigenvalue weighted by molar-refractivity contribution is 6.10. The van der Waals surface area contributed by atoms with Crippen molar-refractivity contribution in [3.63, 3.8) is 0 Å². The van der Waals surface area contributed by atoms with Crippen LogP contribution in [0.3, 0.4) is 0 Å². The Morgan fingerprint density at radius 1 is 0.314 bits per heavy atom. The molecule has 1 unspecified atom stereocenters. The Balaban J connectivity index is 1.30. The molecule has 1 atom stereocenters. The van der Waals surface area contributed by atoms with Gasteiger partial charge in [0, 0.05) is 16.7 Å². The summed E-state index contributed by atoms with van der Waals surface area (Å²) in [6.07, 6.45) is 0. The van der Waals surface area contributed by atoms with E-state index in [0.717, 1.165) is 16.7 Å². The maximum Gasteiger partial charge on any atom is 0.164 e. The van der Waals surface area contributed by atoms with Crippen molar-refractivity contribution in [2.24, 2.45) is 0 Å². The van der Waals surface area contributed by atoms with Crippen LogP contribution >= 0.6 is 0 Å². The van der Waals surface area contributed by atoms with Crippen molar-refractivity contribution >= 4 is 21.5 Å². The first-order chi connectivity index (χ1) is 25.3. The molecule has 0 saturated heterocycles. The van der Waals surface area contributed by atoms with Gasteiger partial charge in [0.15, 0.2) is 17.5 Å². The van der Waals surface area contributed by atoms with Gasteiger partial charge in [-0.05, 0) is 67.1 Å². The Hall–Kier alpha value is -6.71. The van der Waals surface area contributed by atoms with Gasteiger partial charge in [-0.25, -0.2) is 15.0 Å². The Morgan fingerprint density at radius 2 is 0.824 bits per heavy atom. The standard InChI is InChI=1S/C48H31N3/c1-4-16-32(17-5-1)45-49-46(33-18-6-2-7-19-33)51-47(50-45)35-28-29-41-40-26-14-15-27-42(40)48(44(41)31-35,36-21-8-3-9-22-36)43-30-34-20-10-11-23-37(34)38-24-12-13-25-39(38)43/h1-31H. The van der Waals surface area contributed by atoms with Crippen molar-refractivity contribution < 1.29 is 0 Å². The summed E-state index contributed by atoms with van der Waals surface area (Å²) in [6, 6.07) is 67.1. The summed E-state index contributed by atoms with van der Waals surface area (Å²) in [5, 5.41) is 4.97. The fourth-order valence-corrected chi connectivity index (χ4v) is 8.17. The first kappa shape index (κ1) is 29.2. The molecule has 0 radical (unpaired) electrons. The number of nitrogens with zero attached hydrogens (tertiary/aromatic N) is 3. The highest BCUT2D eigenvalue weighted by Gasteiger charge is 2.47. The van der Waals surface area contributed by atoms with E-state index in [-0.39, 0.29) is 0 Å². The third kappa shape index (κ3) is 4.56. The quantitative estimate of drug-likeness (QED) is 0.174. The number of hydrogen-bond donors (Lipinski definition) is 0. The van der Waals surface area contributed by atoms with Gasteiger partial charge in [-0.1, -0.05) is 176 Å². The number of fused-ring (bicyclic) bond motifs is 6. The van der Waals surface area contributed by atoms with Crippen LogP contribution in [-0.2, 0) is 5.41 Å². The van der Waals surface area contributed by atoms with Crippen molar-refractivity contribution in [3.8, 4) is 45.3 Å². The molecular formula is C48H31N3. The Morgan fingerprint density at radius 3 is 1.51 bits per heavy atom. The number of hydrogen-bond acceptors (Lipinski definition) is 3. The zero-order chi connectivity index (χ0) is 33.8. The SMILES string of the molecule is c1ccc(-c2nc(-c3ccccc3)nc(-c3ccc4c(c3)C(c3ccccc3)(c3cc5ccccc5c5ccccc35)c3ccccc3-4)n2)cc1. The second-order valence-corrected chi connectivity index (χ2v) is 13.2. The van der Waals surface area contributed by atoms with Crippen molar-refractivity contribution in [2.75, 3.05) is 0 Å². The van der Waals surface area contributed by atoms with E-state index in [4.69, 9.17) is 15.0 Å². The Kier molecular flexibility index (Phi) is 6.71. The fraction of sp³-hybridized carbons (Fsp3) is 0.0208. The summed E-state index contributed by atoms with van der Waals surface area (Å²) in [5.41, 5.74) is 9.68. The Bertz CT molecular complexity index is 2680. The highest BCUT2D eigenvalue weighted by Crippen LogP contribution is 2.58. The van der Waals surface area contributed by atoms with Crippen LogP contribution in [0, 0.1) is 0 Å². The van der Waals surface area contributed by atoms with E-state index in [9.17, 15) is 0 Å². The number of aromatic nitrogens is 3. The molecule has 1 aliphatic carbocycles. The molecule has 0 fully saturated rings. The zero-order valence-electron chi connectivity index (χ0n) is 27.7. The van der Waals surface area contributed by atoms with Gasteiger partial charge in [-0.2, -0.15) is 0 Å². The van der Waals surface area contributed by atoms with Crippen LogP contribution in [-0.4, -0.2) is 15.0 Å². The predicted molar refractivity (Wildman–Crippen MR) is 208 cm³/mol. The summed E-state index contributed by atoms with van der Waals surface area (Å²) in [6.45, 7) is 0. The molecule has 0 aliphatic heterocycles. The summed E-state index contributed by atoms with van der Waals surface area (Å²) in [4.78, 5) is 15.2.